The average molecular weight is 380 g/mol. The highest BCUT2D eigenvalue weighted by molar-refractivity contribution is 9.10. The normalized spacial score (nSPS) is 11.1. The van der Waals surface area contributed by atoms with Gasteiger partial charge in [-0.1, -0.05) is 48.7 Å². The first-order valence-corrected chi connectivity index (χ1v) is 7.51. The van der Waals surface area contributed by atoms with Crippen molar-refractivity contribution in [3.63, 3.8) is 0 Å². The topological polar surface area (TPSA) is 25.8 Å². The molecule has 0 aliphatic rings. The summed E-state index contributed by atoms with van der Waals surface area (Å²) in [7, 11) is 0. The van der Waals surface area contributed by atoms with E-state index in [1.165, 1.54) is 0 Å². The number of hydrogen-bond acceptors (Lipinski definition) is 2. The highest BCUT2D eigenvalue weighted by atomic mass is 79.9. The van der Waals surface area contributed by atoms with Crippen LogP contribution in [0.5, 0.6) is 0 Å². The molecule has 0 saturated carbocycles. The summed E-state index contributed by atoms with van der Waals surface area (Å²) in [5.74, 6) is 0.721. The lowest BCUT2D eigenvalue weighted by atomic mass is 10.1. The maximum absolute atomic E-state index is 6.17. The fourth-order valence-corrected chi connectivity index (χ4v) is 2.91. The van der Waals surface area contributed by atoms with Crippen LogP contribution in [0.3, 0.4) is 0 Å². The second-order valence-electron chi connectivity index (χ2n) is 4.32. The van der Waals surface area contributed by atoms with Crippen LogP contribution in [0, 0.1) is 0 Å². The third-order valence-electron chi connectivity index (χ3n) is 2.56. The van der Waals surface area contributed by atoms with Crippen LogP contribution in [-0.2, 0) is 0 Å². The van der Waals surface area contributed by atoms with Gasteiger partial charge in [-0.2, -0.15) is 0 Å². The molecule has 0 aliphatic carbocycles. The summed E-state index contributed by atoms with van der Waals surface area (Å²) in [5.41, 5.74) is 1.56. The van der Waals surface area contributed by atoms with E-state index in [-0.39, 0.29) is 5.92 Å². The fraction of sp³-hybridized carbons (Fsp3) is 0.231. The van der Waals surface area contributed by atoms with E-state index in [0.717, 1.165) is 10.2 Å². The third-order valence-corrected chi connectivity index (χ3v) is 4.39. The van der Waals surface area contributed by atoms with Crippen LogP contribution in [0.2, 0.25) is 15.2 Å². The molecule has 1 aromatic heterocycles. The number of benzene rings is 1. The number of hydrogen-bond donors (Lipinski definition) is 0. The molecule has 0 amide bonds. The maximum Gasteiger partial charge on any atom is 0.162 e. The quantitative estimate of drug-likeness (QED) is 0.598. The molecule has 6 heteroatoms. The molecule has 2 aromatic rings. The lowest BCUT2D eigenvalue weighted by Gasteiger charge is -2.11. The summed E-state index contributed by atoms with van der Waals surface area (Å²) in [6, 6.07) is 5.19. The second kappa shape index (κ2) is 5.96. The molecule has 2 rings (SSSR count). The van der Waals surface area contributed by atoms with Gasteiger partial charge < -0.3 is 0 Å². The van der Waals surface area contributed by atoms with E-state index in [9.17, 15) is 0 Å². The van der Waals surface area contributed by atoms with Crippen molar-refractivity contribution in [2.24, 2.45) is 0 Å². The second-order valence-corrected chi connectivity index (χ2v) is 6.31. The van der Waals surface area contributed by atoms with Gasteiger partial charge in [-0.25, -0.2) is 9.97 Å². The zero-order valence-electron chi connectivity index (χ0n) is 10.2. The molecule has 0 N–H and O–H groups in total. The number of nitrogens with zero attached hydrogens (tertiary/aromatic N) is 2. The van der Waals surface area contributed by atoms with Crippen LogP contribution in [0.15, 0.2) is 22.7 Å². The van der Waals surface area contributed by atoms with E-state index in [2.05, 4.69) is 25.9 Å². The van der Waals surface area contributed by atoms with E-state index in [4.69, 9.17) is 34.8 Å². The number of halogens is 4. The summed E-state index contributed by atoms with van der Waals surface area (Å²) in [6.07, 6.45) is 0. The molecule has 100 valence electrons. The van der Waals surface area contributed by atoms with Crippen molar-refractivity contribution in [1.29, 1.82) is 0 Å². The SMILES string of the molecule is CC(C)c1nc(-c2ccc(Cl)cc2Cl)nc(Cl)c1Br. The van der Waals surface area contributed by atoms with Gasteiger partial charge in [-0.15, -0.1) is 0 Å². The molecular weight excluding hydrogens is 370 g/mol. The van der Waals surface area contributed by atoms with Crippen molar-refractivity contribution < 1.29 is 0 Å². The predicted molar refractivity (Wildman–Crippen MR) is 84.3 cm³/mol. The Labute approximate surface area is 135 Å². The van der Waals surface area contributed by atoms with Crippen molar-refractivity contribution >= 4 is 50.7 Å². The van der Waals surface area contributed by atoms with Gasteiger partial charge in [0.1, 0.15) is 5.15 Å². The molecule has 19 heavy (non-hydrogen) atoms. The Hall–Kier alpha value is -0.350. The molecule has 0 aliphatic heterocycles. The molecule has 2 nitrogen and oxygen atoms in total. The Morgan fingerprint density at radius 2 is 1.79 bits per heavy atom. The molecule has 1 heterocycles. The Balaban J connectivity index is 2.63. The zero-order chi connectivity index (χ0) is 14.2. The van der Waals surface area contributed by atoms with E-state index < -0.39 is 0 Å². The van der Waals surface area contributed by atoms with Crippen LogP contribution >= 0.6 is 50.7 Å². The minimum atomic E-state index is 0.222. The summed E-state index contributed by atoms with van der Waals surface area (Å²) in [5, 5.41) is 1.45. The van der Waals surface area contributed by atoms with Gasteiger partial charge in [0.05, 0.1) is 15.2 Å². The van der Waals surface area contributed by atoms with Gasteiger partial charge in [0.2, 0.25) is 0 Å². The molecular formula is C13H10BrCl3N2. The molecule has 0 fully saturated rings. The third kappa shape index (κ3) is 3.22. The molecule has 1 aromatic carbocycles. The van der Waals surface area contributed by atoms with Crippen molar-refractivity contribution in [3.8, 4) is 11.4 Å². The van der Waals surface area contributed by atoms with Crippen LogP contribution < -0.4 is 0 Å². The monoisotopic (exact) mass is 378 g/mol. The van der Waals surface area contributed by atoms with Crippen molar-refractivity contribution in [2.45, 2.75) is 19.8 Å². The highest BCUT2D eigenvalue weighted by Crippen LogP contribution is 2.34. The zero-order valence-corrected chi connectivity index (χ0v) is 14.1. The molecule has 0 atom stereocenters. The maximum atomic E-state index is 6.17. The Bertz CT molecular complexity index is 630. The molecule has 0 spiro atoms. The van der Waals surface area contributed by atoms with Gasteiger partial charge >= 0.3 is 0 Å². The van der Waals surface area contributed by atoms with Gasteiger partial charge in [0.15, 0.2) is 5.82 Å². The van der Waals surface area contributed by atoms with Crippen molar-refractivity contribution in [2.75, 3.05) is 0 Å². The van der Waals surface area contributed by atoms with Gasteiger partial charge in [-0.3, -0.25) is 0 Å². The van der Waals surface area contributed by atoms with E-state index >= 15 is 0 Å². The number of aromatic nitrogens is 2. The Morgan fingerprint density at radius 3 is 2.37 bits per heavy atom. The van der Waals surface area contributed by atoms with E-state index in [1.807, 2.05) is 13.8 Å². The average Bonchev–Trinajstić information content (AvgIpc) is 2.32. The summed E-state index contributed by atoms with van der Waals surface area (Å²) in [6.45, 7) is 4.08. The lowest BCUT2D eigenvalue weighted by molar-refractivity contribution is 0.809. The standard InChI is InChI=1S/C13H10BrCl3N2/c1-6(2)11-10(14)12(17)19-13(18-11)8-4-3-7(15)5-9(8)16/h3-6H,1-2H3. The summed E-state index contributed by atoms with van der Waals surface area (Å²) < 4.78 is 0.720. The van der Waals surface area contributed by atoms with E-state index in [1.54, 1.807) is 18.2 Å². The van der Waals surface area contributed by atoms with Gasteiger partial charge in [0.25, 0.3) is 0 Å². The van der Waals surface area contributed by atoms with Crippen LogP contribution in [-0.4, -0.2) is 9.97 Å². The smallest absolute Gasteiger partial charge is 0.162 e. The van der Waals surface area contributed by atoms with Gasteiger partial charge in [0, 0.05) is 10.6 Å². The van der Waals surface area contributed by atoms with Crippen LogP contribution in [0.25, 0.3) is 11.4 Å². The fourth-order valence-electron chi connectivity index (χ4n) is 1.61. The Kier molecular flexibility index (Phi) is 4.72. The first kappa shape index (κ1) is 15.0. The predicted octanol–water partition coefficient (Wildman–Crippen LogP) is 5.99. The minimum absolute atomic E-state index is 0.222. The van der Waals surface area contributed by atoms with Crippen molar-refractivity contribution in [1.82, 2.24) is 9.97 Å². The highest BCUT2D eigenvalue weighted by Gasteiger charge is 2.16. The largest absolute Gasteiger partial charge is 0.231 e. The van der Waals surface area contributed by atoms with Gasteiger partial charge in [-0.05, 0) is 40.0 Å². The molecule has 0 bridgehead atoms. The molecule has 0 saturated heterocycles. The number of rotatable bonds is 2. The first-order valence-electron chi connectivity index (χ1n) is 5.58. The minimum Gasteiger partial charge on any atom is -0.231 e. The molecule has 0 radical (unpaired) electrons. The first-order chi connectivity index (χ1) is 8.90. The van der Waals surface area contributed by atoms with Crippen LogP contribution in [0.4, 0.5) is 0 Å². The lowest BCUT2D eigenvalue weighted by Crippen LogP contribution is -2.00. The van der Waals surface area contributed by atoms with Crippen molar-refractivity contribution in [3.05, 3.63) is 43.6 Å². The van der Waals surface area contributed by atoms with Crippen LogP contribution in [0.1, 0.15) is 25.5 Å². The summed E-state index contributed by atoms with van der Waals surface area (Å²) in [4.78, 5) is 8.78. The summed E-state index contributed by atoms with van der Waals surface area (Å²) >= 11 is 21.6. The Morgan fingerprint density at radius 1 is 1.11 bits per heavy atom. The van der Waals surface area contributed by atoms with E-state index in [0.29, 0.717) is 26.6 Å². The molecule has 0 unspecified atom stereocenters.